The molecule has 1 aliphatic heterocycles. The van der Waals surface area contributed by atoms with Gasteiger partial charge in [0.05, 0.1) is 6.10 Å². The smallest absolute Gasteiger partial charge is 0.253 e. The van der Waals surface area contributed by atoms with Gasteiger partial charge in [-0.3, -0.25) is 4.79 Å². The van der Waals surface area contributed by atoms with Crippen LogP contribution in [0.2, 0.25) is 5.02 Å². The first kappa shape index (κ1) is 19.9. The van der Waals surface area contributed by atoms with Crippen molar-refractivity contribution in [1.82, 2.24) is 4.90 Å². The predicted molar refractivity (Wildman–Crippen MR) is 116 cm³/mol. The molecule has 0 bridgehead atoms. The molecular formula is C24H24ClNO3. The highest BCUT2D eigenvalue weighted by Gasteiger charge is 2.30. The van der Waals surface area contributed by atoms with Crippen LogP contribution in [0.5, 0.6) is 0 Å². The molecule has 0 saturated carbocycles. The number of carbonyl (C=O) groups excluding carboxylic acids is 1. The summed E-state index contributed by atoms with van der Waals surface area (Å²) in [5.74, 6) is -0.240. The van der Waals surface area contributed by atoms with Crippen LogP contribution < -0.4 is 0 Å². The standard InChI is InChI=1S/C24H24ClNO3/c1-15-2-7-22(25)21(10-15)18-5-3-17-12-19(6-4-16(17)11-18)24(29)26-9-8-20(14-27)23(28)13-26/h2-7,10-12,20,23,27-28H,8-9,13-14H2,1H3/t20-,23+/m1/s1. The van der Waals surface area contributed by atoms with E-state index in [1.807, 2.05) is 49.4 Å². The topological polar surface area (TPSA) is 60.8 Å². The van der Waals surface area contributed by atoms with E-state index in [0.717, 1.165) is 27.5 Å². The monoisotopic (exact) mass is 409 g/mol. The molecule has 3 aromatic rings. The highest BCUT2D eigenvalue weighted by molar-refractivity contribution is 6.33. The van der Waals surface area contributed by atoms with Crippen molar-refractivity contribution in [2.24, 2.45) is 5.92 Å². The molecule has 2 atom stereocenters. The van der Waals surface area contributed by atoms with E-state index in [1.165, 1.54) is 0 Å². The van der Waals surface area contributed by atoms with E-state index in [0.29, 0.717) is 23.6 Å². The van der Waals surface area contributed by atoms with E-state index in [-0.39, 0.29) is 25.0 Å². The van der Waals surface area contributed by atoms with Gasteiger partial charge < -0.3 is 15.1 Å². The lowest BCUT2D eigenvalue weighted by atomic mass is 9.94. The Labute approximate surface area is 175 Å². The maximum Gasteiger partial charge on any atom is 0.253 e. The van der Waals surface area contributed by atoms with Crippen LogP contribution in [0.4, 0.5) is 0 Å². The largest absolute Gasteiger partial charge is 0.396 e. The number of fused-ring (bicyclic) bond motifs is 1. The summed E-state index contributed by atoms with van der Waals surface area (Å²) in [5, 5.41) is 22.1. The minimum absolute atomic E-state index is 0.0491. The molecule has 29 heavy (non-hydrogen) atoms. The first-order valence-corrected chi connectivity index (χ1v) is 10.2. The van der Waals surface area contributed by atoms with Crippen LogP contribution in [0.3, 0.4) is 0 Å². The number of amides is 1. The summed E-state index contributed by atoms with van der Waals surface area (Å²) in [7, 11) is 0. The fourth-order valence-corrected chi connectivity index (χ4v) is 4.19. The van der Waals surface area contributed by atoms with Crippen LogP contribution in [-0.2, 0) is 0 Å². The highest BCUT2D eigenvalue weighted by atomic mass is 35.5. The van der Waals surface area contributed by atoms with Gasteiger partial charge in [-0.25, -0.2) is 0 Å². The summed E-state index contributed by atoms with van der Waals surface area (Å²) in [6.45, 7) is 2.79. The van der Waals surface area contributed by atoms with E-state index >= 15 is 0 Å². The Balaban J connectivity index is 1.60. The molecule has 1 saturated heterocycles. The Kier molecular flexibility index (Phi) is 5.59. The summed E-state index contributed by atoms with van der Waals surface area (Å²) in [6.07, 6.45) is -0.0720. The van der Waals surface area contributed by atoms with Crippen LogP contribution in [0.15, 0.2) is 54.6 Å². The molecule has 2 N–H and O–H groups in total. The number of piperidine rings is 1. The Bertz CT molecular complexity index is 1070. The van der Waals surface area contributed by atoms with E-state index in [1.54, 1.807) is 4.90 Å². The number of aliphatic hydroxyl groups excluding tert-OH is 2. The second-order valence-corrected chi connectivity index (χ2v) is 8.22. The van der Waals surface area contributed by atoms with Gasteiger partial charge in [0, 0.05) is 41.8 Å². The number of halogens is 1. The minimum Gasteiger partial charge on any atom is -0.396 e. The first-order valence-electron chi connectivity index (χ1n) is 9.85. The molecule has 3 aromatic carbocycles. The Hall–Kier alpha value is -2.40. The number of hydrogen-bond donors (Lipinski definition) is 2. The maximum absolute atomic E-state index is 12.9. The van der Waals surface area contributed by atoms with Crippen molar-refractivity contribution in [2.45, 2.75) is 19.4 Å². The Morgan fingerprint density at radius 3 is 2.62 bits per heavy atom. The molecule has 0 aliphatic carbocycles. The SMILES string of the molecule is Cc1ccc(Cl)c(-c2ccc3cc(C(=O)N4CC[C@H](CO)[C@@H](O)C4)ccc3c2)c1. The zero-order valence-electron chi connectivity index (χ0n) is 16.3. The number of β-amino-alcohol motifs (C(OH)–C–C–N with tert-alkyl or cyclic N) is 1. The third-order valence-corrected chi connectivity index (χ3v) is 6.09. The van der Waals surface area contributed by atoms with Gasteiger partial charge in [-0.2, -0.15) is 0 Å². The average Bonchev–Trinajstić information content (AvgIpc) is 2.74. The molecule has 5 heteroatoms. The third-order valence-electron chi connectivity index (χ3n) is 5.76. The Morgan fingerprint density at radius 2 is 1.86 bits per heavy atom. The van der Waals surface area contributed by atoms with Crippen molar-refractivity contribution >= 4 is 28.3 Å². The average molecular weight is 410 g/mol. The molecular weight excluding hydrogens is 386 g/mol. The Morgan fingerprint density at radius 1 is 1.10 bits per heavy atom. The van der Waals surface area contributed by atoms with Gasteiger partial charge in [0.1, 0.15) is 0 Å². The van der Waals surface area contributed by atoms with Crippen LogP contribution in [0.25, 0.3) is 21.9 Å². The number of nitrogens with zero attached hydrogens (tertiary/aromatic N) is 1. The fraction of sp³-hybridized carbons (Fsp3) is 0.292. The van der Waals surface area contributed by atoms with E-state index in [4.69, 9.17) is 11.6 Å². The number of carbonyl (C=O) groups is 1. The van der Waals surface area contributed by atoms with Crippen molar-refractivity contribution < 1.29 is 15.0 Å². The number of benzene rings is 3. The zero-order chi connectivity index (χ0) is 20.5. The van der Waals surface area contributed by atoms with E-state index in [9.17, 15) is 15.0 Å². The number of rotatable bonds is 3. The van der Waals surface area contributed by atoms with Crippen molar-refractivity contribution in [3.63, 3.8) is 0 Å². The molecule has 0 spiro atoms. The number of hydrogen-bond acceptors (Lipinski definition) is 3. The molecule has 0 aromatic heterocycles. The van der Waals surface area contributed by atoms with Gasteiger partial charge >= 0.3 is 0 Å². The van der Waals surface area contributed by atoms with Crippen molar-refractivity contribution in [2.75, 3.05) is 19.7 Å². The third kappa shape index (κ3) is 4.01. The lowest BCUT2D eigenvalue weighted by Gasteiger charge is -2.35. The van der Waals surface area contributed by atoms with Gasteiger partial charge in [0.15, 0.2) is 0 Å². The van der Waals surface area contributed by atoms with Crippen molar-refractivity contribution in [3.05, 3.63) is 70.7 Å². The van der Waals surface area contributed by atoms with Gasteiger partial charge in [0.25, 0.3) is 5.91 Å². The van der Waals surface area contributed by atoms with Crippen LogP contribution in [0.1, 0.15) is 22.3 Å². The van der Waals surface area contributed by atoms with E-state index in [2.05, 4.69) is 12.1 Å². The normalized spacial score (nSPS) is 19.5. The second-order valence-electron chi connectivity index (χ2n) is 7.81. The van der Waals surface area contributed by atoms with Crippen LogP contribution >= 0.6 is 11.6 Å². The number of aryl methyl sites for hydroxylation is 1. The number of aliphatic hydroxyl groups is 2. The highest BCUT2D eigenvalue weighted by Crippen LogP contribution is 2.31. The maximum atomic E-state index is 12.9. The molecule has 1 heterocycles. The fourth-order valence-electron chi connectivity index (χ4n) is 3.97. The van der Waals surface area contributed by atoms with Crippen LogP contribution in [-0.4, -0.2) is 46.8 Å². The first-order chi connectivity index (χ1) is 14.0. The van der Waals surface area contributed by atoms with Gasteiger partial charge in [-0.15, -0.1) is 0 Å². The molecule has 0 unspecified atom stereocenters. The van der Waals surface area contributed by atoms with Gasteiger partial charge in [0.2, 0.25) is 0 Å². The molecule has 4 rings (SSSR count). The summed E-state index contributed by atoms with van der Waals surface area (Å²) in [5.41, 5.74) is 3.79. The van der Waals surface area contributed by atoms with Gasteiger partial charge in [-0.1, -0.05) is 41.4 Å². The summed E-state index contributed by atoms with van der Waals surface area (Å²) < 4.78 is 0. The van der Waals surface area contributed by atoms with Crippen molar-refractivity contribution in [1.29, 1.82) is 0 Å². The molecule has 4 nitrogen and oxygen atoms in total. The molecule has 1 amide bonds. The van der Waals surface area contributed by atoms with Crippen LogP contribution in [0, 0.1) is 12.8 Å². The second kappa shape index (κ2) is 8.15. The molecule has 150 valence electrons. The molecule has 0 radical (unpaired) electrons. The van der Waals surface area contributed by atoms with Gasteiger partial charge in [-0.05, 0) is 60.0 Å². The quantitative estimate of drug-likeness (QED) is 0.678. The number of likely N-dealkylation sites (tertiary alicyclic amines) is 1. The lowest BCUT2D eigenvalue weighted by molar-refractivity contribution is 0.000884. The lowest BCUT2D eigenvalue weighted by Crippen LogP contribution is -2.47. The van der Waals surface area contributed by atoms with E-state index < -0.39 is 6.10 Å². The predicted octanol–water partition coefficient (Wildman–Crippen LogP) is 4.28. The molecule has 1 aliphatic rings. The summed E-state index contributed by atoms with van der Waals surface area (Å²) in [6, 6.07) is 17.8. The summed E-state index contributed by atoms with van der Waals surface area (Å²) >= 11 is 6.38. The molecule has 1 fully saturated rings. The zero-order valence-corrected chi connectivity index (χ0v) is 17.1. The van der Waals surface area contributed by atoms with Crippen molar-refractivity contribution in [3.8, 4) is 11.1 Å². The summed E-state index contributed by atoms with van der Waals surface area (Å²) in [4.78, 5) is 14.6. The minimum atomic E-state index is -0.681.